The Bertz CT molecular complexity index is 1260. The molecule has 0 spiro atoms. The van der Waals surface area contributed by atoms with Crippen LogP contribution in [0.1, 0.15) is 44.7 Å². The van der Waals surface area contributed by atoms with E-state index in [0.29, 0.717) is 27.4 Å². The first-order valence-corrected chi connectivity index (χ1v) is 14.4. The summed E-state index contributed by atoms with van der Waals surface area (Å²) in [6.45, 7) is 4.36. The fourth-order valence-electron chi connectivity index (χ4n) is 3.65. The number of benzene rings is 2. The Balaban J connectivity index is 2.53. The zero-order chi connectivity index (χ0) is 28.8. The van der Waals surface area contributed by atoms with E-state index in [1.54, 1.807) is 26.0 Å². The van der Waals surface area contributed by atoms with Crippen molar-refractivity contribution in [3.63, 3.8) is 0 Å². The Morgan fingerprint density at radius 3 is 2.24 bits per heavy atom. The molecule has 0 aromatic heterocycles. The van der Waals surface area contributed by atoms with Gasteiger partial charge in [0.25, 0.3) is 0 Å². The first-order chi connectivity index (χ1) is 17.6. The van der Waals surface area contributed by atoms with Gasteiger partial charge in [-0.2, -0.15) is 13.2 Å². The molecule has 2 atom stereocenters. The number of halogens is 5. The van der Waals surface area contributed by atoms with Crippen molar-refractivity contribution in [3.05, 3.63) is 63.6 Å². The molecule has 1 N–H and O–H groups in total. The van der Waals surface area contributed by atoms with Crippen molar-refractivity contribution in [2.24, 2.45) is 0 Å². The lowest BCUT2D eigenvalue weighted by Gasteiger charge is -2.33. The molecule has 0 aliphatic carbocycles. The minimum Gasteiger partial charge on any atom is -0.352 e. The molecule has 2 aromatic rings. The van der Waals surface area contributed by atoms with Crippen LogP contribution in [0.15, 0.2) is 42.5 Å². The van der Waals surface area contributed by atoms with Gasteiger partial charge in [-0.3, -0.25) is 13.9 Å². The molecule has 2 unspecified atom stereocenters. The van der Waals surface area contributed by atoms with Gasteiger partial charge in [0.05, 0.1) is 17.5 Å². The normalized spacial score (nSPS) is 13.5. The first-order valence-electron chi connectivity index (χ1n) is 11.8. The van der Waals surface area contributed by atoms with Crippen LogP contribution < -0.4 is 9.62 Å². The van der Waals surface area contributed by atoms with Crippen molar-refractivity contribution >= 4 is 50.7 Å². The number of carbonyl (C=O) groups excluding carboxylic acids is 2. The monoisotopic (exact) mass is 595 g/mol. The quantitative estimate of drug-likeness (QED) is 0.371. The molecule has 2 amide bonds. The predicted octanol–water partition coefficient (Wildman–Crippen LogP) is 5.50. The van der Waals surface area contributed by atoms with Gasteiger partial charge in [0.15, 0.2) is 0 Å². The van der Waals surface area contributed by atoms with Crippen LogP contribution in [0.5, 0.6) is 0 Å². The van der Waals surface area contributed by atoms with E-state index in [4.69, 9.17) is 23.2 Å². The van der Waals surface area contributed by atoms with Crippen LogP contribution in [-0.4, -0.2) is 50.0 Å². The van der Waals surface area contributed by atoms with Crippen molar-refractivity contribution in [1.29, 1.82) is 0 Å². The summed E-state index contributed by atoms with van der Waals surface area (Å²) >= 11 is 12.3. The summed E-state index contributed by atoms with van der Waals surface area (Å²) in [5, 5.41) is 3.40. The van der Waals surface area contributed by atoms with E-state index < -0.39 is 46.2 Å². The van der Waals surface area contributed by atoms with Crippen LogP contribution in [0.3, 0.4) is 0 Å². The van der Waals surface area contributed by atoms with Crippen molar-refractivity contribution < 1.29 is 31.2 Å². The van der Waals surface area contributed by atoms with Crippen LogP contribution >= 0.6 is 23.2 Å². The second-order valence-electron chi connectivity index (χ2n) is 8.82. The van der Waals surface area contributed by atoms with Crippen molar-refractivity contribution in [2.45, 2.75) is 58.4 Å². The SMILES string of the molecule is CCC(C)NC(=O)C(CC)N(Cc1ccc(Cl)cc1Cl)C(=O)CN(c1cccc(C(F)(F)F)c1)S(C)(=O)=O. The standard InChI is InChI=1S/C25H30Cl2F3N3O4S/c1-5-16(3)31-24(35)22(6-2)32(14-17-10-11-19(26)13-21(17)27)23(34)15-33(38(4,36)37)20-9-7-8-18(12-20)25(28,29)30/h7-13,16,22H,5-6,14-15H2,1-4H3,(H,31,35). The molecule has 0 saturated carbocycles. The van der Waals surface area contributed by atoms with Gasteiger partial charge in [0, 0.05) is 22.6 Å². The molecule has 0 saturated heterocycles. The molecule has 0 bridgehead atoms. The molecule has 0 aliphatic heterocycles. The maximum absolute atomic E-state index is 13.6. The third-order valence-electron chi connectivity index (χ3n) is 5.88. The minimum atomic E-state index is -4.72. The molecule has 2 aromatic carbocycles. The molecular weight excluding hydrogens is 566 g/mol. The topological polar surface area (TPSA) is 86.8 Å². The molecule has 2 rings (SSSR count). The first kappa shape index (κ1) is 31.7. The maximum atomic E-state index is 13.6. The van der Waals surface area contributed by atoms with Gasteiger partial charge in [0.1, 0.15) is 12.6 Å². The summed E-state index contributed by atoms with van der Waals surface area (Å²) in [5.41, 5.74) is -0.957. The Labute approximate surface area is 230 Å². The summed E-state index contributed by atoms with van der Waals surface area (Å²) in [6, 6.07) is 7.07. The van der Waals surface area contributed by atoms with Crippen molar-refractivity contribution in [2.75, 3.05) is 17.1 Å². The average Bonchev–Trinajstić information content (AvgIpc) is 2.82. The molecule has 0 aliphatic rings. The highest BCUT2D eigenvalue weighted by Gasteiger charge is 2.34. The van der Waals surface area contributed by atoms with E-state index in [2.05, 4.69) is 5.32 Å². The third-order valence-corrected chi connectivity index (χ3v) is 7.61. The number of nitrogens with zero attached hydrogens (tertiary/aromatic N) is 2. The number of hydrogen-bond acceptors (Lipinski definition) is 4. The summed E-state index contributed by atoms with van der Waals surface area (Å²) in [5.74, 6) is -1.25. The number of nitrogens with one attached hydrogen (secondary N) is 1. The fourth-order valence-corrected chi connectivity index (χ4v) is 4.95. The lowest BCUT2D eigenvalue weighted by molar-refractivity contribution is -0.140. The molecule has 7 nitrogen and oxygen atoms in total. The Morgan fingerprint density at radius 1 is 1.05 bits per heavy atom. The molecular formula is C25H30Cl2F3N3O4S. The van der Waals surface area contributed by atoms with E-state index in [0.717, 1.165) is 24.5 Å². The van der Waals surface area contributed by atoms with Gasteiger partial charge in [-0.25, -0.2) is 8.42 Å². The van der Waals surface area contributed by atoms with Gasteiger partial charge < -0.3 is 10.2 Å². The van der Waals surface area contributed by atoms with Gasteiger partial charge in [-0.1, -0.05) is 49.2 Å². The predicted molar refractivity (Wildman–Crippen MR) is 143 cm³/mol. The number of carbonyl (C=O) groups is 2. The second-order valence-corrected chi connectivity index (χ2v) is 11.6. The van der Waals surface area contributed by atoms with Crippen LogP contribution in [-0.2, 0) is 32.3 Å². The number of amides is 2. The summed E-state index contributed by atoms with van der Waals surface area (Å²) in [4.78, 5) is 27.9. The lowest BCUT2D eigenvalue weighted by Crippen LogP contribution is -2.53. The van der Waals surface area contributed by atoms with E-state index in [1.165, 1.54) is 11.0 Å². The van der Waals surface area contributed by atoms with E-state index in [-0.39, 0.29) is 29.7 Å². The summed E-state index contributed by atoms with van der Waals surface area (Å²) in [7, 11) is -4.20. The fraction of sp³-hybridized carbons (Fsp3) is 0.440. The average molecular weight is 596 g/mol. The largest absolute Gasteiger partial charge is 0.416 e. The van der Waals surface area contributed by atoms with Gasteiger partial charge in [0.2, 0.25) is 21.8 Å². The second kappa shape index (κ2) is 13.0. The van der Waals surface area contributed by atoms with Gasteiger partial charge in [-0.15, -0.1) is 0 Å². The van der Waals surface area contributed by atoms with E-state index in [1.807, 2.05) is 6.92 Å². The smallest absolute Gasteiger partial charge is 0.352 e. The number of rotatable bonds is 11. The Hall–Kier alpha value is -2.50. The highest BCUT2D eigenvalue weighted by molar-refractivity contribution is 7.92. The van der Waals surface area contributed by atoms with Crippen molar-refractivity contribution in [3.8, 4) is 0 Å². The highest BCUT2D eigenvalue weighted by atomic mass is 35.5. The summed E-state index contributed by atoms with van der Waals surface area (Å²) in [6.07, 6.45) is -3.12. The van der Waals surface area contributed by atoms with E-state index >= 15 is 0 Å². The van der Waals surface area contributed by atoms with Crippen molar-refractivity contribution in [1.82, 2.24) is 10.2 Å². The number of anilines is 1. The molecule has 38 heavy (non-hydrogen) atoms. The maximum Gasteiger partial charge on any atom is 0.416 e. The minimum absolute atomic E-state index is 0.165. The van der Waals surface area contributed by atoms with Gasteiger partial charge >= 0.3 is 6.18 Å². The molecule has 0 heterocycles. The lowest BCUT2D eigenvalue weighted by atomic mass is 10.1. The van der Waals surface area contributed by atoms with E-state index in [9.17, 15) is 31.2 Å². The number of sulfonamides is 1. The van der Waals surface area contributed by atoms with Crippen LogP contribution in [0.2, 0.25) is 10.0 Å². The molecule has 210 valence electrons. The Morgan fingerprint density at radius 2 is 1.71 bits per heavy atom. The molecule has 0 fully saturated rings. The van der Waals surface area contributed by atoms with Gasteiger partial charge in [-0.05, 0) is 55.7 Å². The van der Waals surface area contributed by atoms with Crippen LogP contribution in [0.4, 0.5) is 18.9 Å². The summed E-state index contributed by atoms with van der Waals surface area (Å²) < 4.78 is 65.7. The highest BCUT2D eigenvalue weighted by Crippen LogP contribution is 2.32. The number of hydrogen-bond donors (Lipinski definition) is 1. The molecule has 0 radical (unpaired) electrons. The number of alkyl halides is 3. The zero-order valence-electron chi connectivity index (χ0n) is 21.4. The molecule has 13 heteroatoms. The van der Waals surface area contributed by atoms with Crippen LogP contribution in [0.25, 0.3) is 0 Å². The van der Waals surface area contributed by atoms with Crippen LogP contribution in [0, 0.1) is 0 Å². The Kier molecular flexibility index (Phi) is 10.9. The zero-order valence-corrected chi connectivity index (χ0v) is 23.7. The third kappa shape index (κ3) is 8.51.